The van der Waals surface area contributed by atoms with E-state index < -0.39 is 10.8 Å². The molecule has 8 heteroatoms. The smallest absolute Gasteiger partial charge is 0.270 e. The van der Waals surface area contributed by atoms with Gasteiger partial charge in [0.1, 0.15) is 0 Å². The van der Waals surface area contributed by atoms with Gasteiger partial charge in [-0.1, -0.05) is 0 Å². The first-order valence-corrected chi connectivity index (χ1v) is 6.50. The van der Waals surface area contributed by atoms with Gasteiger partial charge in [-0.25, -0.2) is 0 Å². The van der Waals surface area contributed by atoms with Crippen LogP contribution in [0.5, 0.6) is 0 Å². The fraction of sp³-hybridized carbons (Fsp3) is 0.385. The van der Waals surface area contributed by atoms with E-state index in [1.165, 1.54) is 25.2 Å². The number of carbonyl (C=O) groups excluding carboxylic acids is 2. The van der Waals surface area contributed by atoms with Gasteiger partial charge in [-0.3, -0.25) is 19.7 Å². The number of nitrogens with zero attached hydrogens (tertiary/aromatic N) is 1. The normalized spacial score (nSPS) is 9.81. The number of amides is 2. The summed E-state index contributed by atoms with van der Waals surface area (Å²) < 4.78 is 0. The number of nitrogens with one attached hydrogen (secondary N) is 3. The first-order valence-electron chi connectivity index (χ1n) is 6.50. The topological polar surface area (TPSA) is 113 Å². The summed E-state index contributed by atoms with van der Waals surface area (Å²) in [4.78, 5) is 33.4. The Morgan fingerprint density at radius 1 is 1.33 bits per heavy atom. The van der Waals surface area contributed by atoms with Gasteiger partial charge in [0, 0.05) is 44.4 Å². The molecular weight excluding hydrogens is 276 g/mol. The van der Waals surface area contributed by atoms with Crippen LogP contribution in [0.25, 0.3) is 0 Å². The van der Waals surface area contributed by atoms with Gasteiger partial charge < -0.3 is 16.0 Å². The molecule has 0 aliphatic heterocycles. The Bertz CT molecular complexity index is 545. The van der Waals surface area contributed by atoms with Crippen molar-refractivity contribution in [2.24, 2.45) is 0 Å². The molecule has 1 rings (SSSR count). The molecule has 0 unspecified atom stereocenters. The van der Waals surface area contributed by atoms with Crippen molar-refractivity contribution in [2.75, 3.05) is 25.5 Å². The van der Waals surface area contributed by atoms with Crippen molar-refractivity contribution in [2.45, 2.75) is 13.3 Å². The fourth-order valence-electron chi connectivity index (χ4n) is 1.69. The average molecular weight is 294 g/mol. The zero-order valence-corrected chi connectivity index (χ0v) is 11.9. The highest BCUT2D eigenvalue weighted by Crippen LogP contribution is 2.22. The van der Waals surface area contributed by atoms with E-state index >= 15 is 0 Å². The van der Waals surface area contributed by atoms with Gasteiger partial charge in [0.25, 0.3) is 11.6 Å². The number of non-ortho nitro benzene ring substituents is 1. The molecule has 0 saturated heterocycles. The average Bonchev–Trinajstić information content (AvgIpc) is 2.47. The summed E-state index contributed by atoms with van der Waals surface area (Å²) in [5.74, 6) is -0.653. The molecule has 21 heavy (non-hydrogen) atoms. The molecule has 0 fully saturated rings. The van der Waals surface area contributed by atoms with Crippen LogP contribution in [0.2, 0.25) is 0 Å². The number of benzene rings is 1. The Balaban J connectivity index is 2.86. The summed E-state index contributed by atoms with van der Waals surface area (Å²) in [7, 11) is 1.51. The van der Waals surface area contributed by atoms with Crippen molar-refractivity contribution >= 4 is 23.2 Å². The highest BCUT2D eigenvalue weighted by Gasteiger charge is 2.16. The zero-order chi connectivity index (χ0) is 15.8. The van der Waals surface area contributed by atoms with Crippen molar-refractivity contribution in [1.82, 2.24) is 10.6 Å². The molecule has 0 radical (unpaired) electrons. The molecule has 0 aliphatic carbocycles. The Hall–Kier alpha value is -2.64. The van der Waals surface area contributed by atoms with E-state index in [-0.39, 0.29) is 30.1 Å². The summed E-state index contributed by atoms with van der Waals surface area (Å²) >= 11 is 0. The van der Waals surface area contributed by atoms with E-state index in [0.717, 1.165) is 0 Å². The van der Waals surface area contributed by atoms with E-state index in [1.54, 1.807) is 0 Å². The van der Waals surface area contributed by atoms with Crippen molar-refractivity contribution in [3.05, 3.63) is 33.9 Å². The number of nitro benzene ring substituents is 1. The van der Waals surface area contributed by atoms with Crippen LogP contribution in [0.15, 0.2) is 18.2 Å². The Morgan fingerprint density at radius 3 is 2.62 bits per heavy atom. The molecule has 0 atom stereocenters. The molecule has 8 nitrogen and oxygen atoms in total. The van der Waals surface area contributed by atoms with Crippen LogP contribution in [0, 0.1) is 10.1 Å². The zero-order valence-electron chi connectivity index (χ0n) is 11.9. The standard InChI is InChI=1S/C13H18N4O4/c1-3-15-11-5-4-9(17(20)21)8-10(11)13(19)16-7-6-12(18)14-2/h4-5,8,15H,3,6-7H2,1-2H3,(H,14,18)(H,16,19). The van der Waals surface area contributed by atoms with Crippen molar-refractivity contribution in [3.8, 4) is 0 Å². The Morgan fingerprint density at radius 2 is 2.05 bits per heavy atom. The second-order valence-corrected chi connectivity index (χ2v) is 4.20. The lowest BCUT2D eigenvalue weighted by atomic mass is 10.1. The second-order valence-electron chi connectivity index (χ2n) is 4.20. The van der Waals surface area contributed by atoms with Gasteiger partial charge in [-0.15, -0.1) is 0 Å². The van der Waals surface area contributed by atoms with E-state index in [2.05, 4.69) is 16.0 Å². The molecule has 114 valence electrons. The van der Waals surface area contributed by atoms with Crippen LogP contribution < -0.4 is 16.0 Å². The maximum Gasteiger partial charge on any atom is 0.270 e. The molecule has 0 aliphatic rings. The van der Waals surface area contributed by atoms with E-state index in [1.807, 2.05) is 6.92 Å². The number of anilines is 1. The van der Waals surface area contributed by atoms with E-state index in [4.69, 9.17) is 0 Å². The Kier molecular flexibility index (Phi) is 6.12. The molecule has 1 aromatic carbocycles. The number of rotatable bonds is 7. The van der Waals surface area contributed by atoms with Gasteiger partial charge in [-0.2, -0.15) is 0 Å². The summed E-state index contributed by atoms with van der Waals surface area (Å²) in [6.07, 6.45) is 0.147. The van der Waals surface area contributed by atoms with Crippen molar-refractivity contribution in [1.29, 1.82) is 0 Å². The van der Waals surface area contributed by atoms with E-state index in [9.17, 15) is 19.7 Å². The molecule has 0 heterocycles. The summed E-state index contributed by atoms with van der Waals surface area (Å²) in [5, 5.41) is 18.8. The minimum atomic E-state index is -0.558. The quantitative estimate of drug-likeness (QED) is 0.510. The highest BCUT2D eigenvalue weighted by atomic mass is 16.6. The number of hydrogen-bond acceptors (Lipinski definition) is 5. The molecule has 0 aromatic heterocycles. The number of hydrogen-bond donors (Lipinski definition) is 3. The first-order chi connectivity index (χ1) is 9.99. The first kappa shape index (κ1) is 16.4. The molecule has 3 N–H and O–H groups in total. The lowest BCUT2D eigenvalue weighted by Gasteiger charge is -2.11. The molecule has 0 bridgehead atoms. The maximum atomic E-state index is 12.1. The third-order valence-corrected chi connectivity index (χ3v) is 2.74. The molecular formula is C13H18N4O4. The third kappa shape index (κ3) is 4.75. The van der Waals surface area contributed by atoms with Crippen LogP contribution in [0.4, 0.5) is 11.4 Å². The number of carbonyl (C=O) groups is 2. The van der Waals surface area contributed by atoms with Crippen LogP contribution >= 0.6 is 0 Å². The van der Waals surface area contributed by atoms with Crippen LogP contribution in [0.3, 0.4) is 0 Å². The summed E-state index contributed by atoms with van der Waals surface area (Å²) in [5.41, 5.74) is 0.539. The molecule has 1 aromatic rings. The fourth-order valence-corrected chi connectivity index (χ4v) is 1.69. The minimum Gasteiger partial charge on any atom is -0.385 e. The van der Waals surface area contributed by atoms with Gasteiger partial charge >= 0.3 is 0 Å². The SMILES string of the molecule is CCNc1ccc([N+](=O)[O-])cc1C(=O)NCCC(=O)NC. The Labute approximate surface area is 122 Å². The van der Waals surface area contributed by atoms with E-state index in [0.29, 0.717) is 12.2 Å². The summed E-state index contributed by atoms with van der Waals surface area (Å²) in [6.45, 7) is 2.60. The van der Waals surface area contributed by atoms with Gasteiger partial charge in [0.15, 0.2) is 0 Å². The minimum absolute atomic E-state index is 0.147. The van der Waals surface area contributed by atoms with Crippen molar-refractivity contribution in [3.63, 3.8) is 0 Å². The summed E-state index contributed by atoms with van der Waals surface area (Å²) in [6, 6.07) is 4.04. The molecule has 0 saturated carbocycles. The lowest BCUT2D eigenvalue weighted by Crippen LogP contribution is -2.29. The predicted molar refractivity (Wildman–Crippen MR) is 78.3 cm³/mol. The molecule has 2 amide bonds. The highest BCUT2D eigenvalue weighted by molar-refractivity contribution is 6.00. The monoisotopic (exact) mass is 294 g/mol. The van der Waals surface area contributed by atoms with Crippen LogP contribution in [0.1, 0.15) is 23.7 Å². The third-order valence-electron chi connectivity index (χ3n) is 2.74. The lowest BCUT2D eigenvalue weighted by molar-refractivity contribution is -0.384. The van der Waals surface area contributed by atoms with Crippen LogP contribution in [-0.2, 0) is 4.79 Å². The largest absolute Gasteiger partial charge is 0.385 e. The maximum absolute atomic E-state index is 12.1. The van der Waals surface area contributed by atoms with Gasteiger partial charge in [-0.05, 0) is 13.0 Å². The predicted octanol–water partition coefficient (Wildman–Crippen LogP) is 0.892. The van der Waals surface area contributed by atoms with Crippen molar-refractivity contribution < 1.29 is 14.5 Å². The molecule has 0 spiro atoms. The number of nitro groups is 1. The van der Waals surface area contributed by atoms with Gasteiger partial charge in [0.05, 0.1) is 10.5 Å². The second kappa shape index (κ2) is 7.83. The van der Waals surface area contributed by atoms with Crippen LogP contribution in [-0.4, -0.2) is 36.9 Å². The van der Waals surface area contributed by atoms with Gasteiger partial charge in [0.2, 0.25) is 5.91 Å².